The summed E-state index contributed by atoms with van der Waals surface area (Å²) in [5.41, 5.74) is -0.683. The van der Waals surface area contributed by atoms with E-state index >= 15 is 0 Å². The number of halogens is 2. The van der Waals surface area contributed by atoms with Gasteiger partial charge in [0.25, 0.3) is 5.91 Å². The first-order valence-corrected chi connectivity index (χ1v) is 7.48. The zero-order chi connectivity index (χ0) is 17.9. The van der Waals surface area contributed by atoms with Crippen LogP contribution in [-0.4, -0.2) is 37.5 Å². The third kappa shape index (κ3) is 4.29. The van der Waals surface area contributed by atoms with E-state index < -0.39 is 23.2 Å². The number of carbonyl (C=O) groups is 2. The van der Waals surface area contributed by atoms with Gasteiger partial charge in [0.15, 0.2) is 11.5 Å². The molecule has 24 heavy (non-hydrogen) atoms. The number of hydrogen-bond donors (Lipinski definition) is 2. The maximum absolute atomic E-state index is 14.0. The van der Waals surface area contributed by atoms with Crippen LogP contribution in [0.5, 0.6) is 0 Å². The fourth-order valence-electron chi connectivity index (χ4n) is 2.01. The Morgan fingerprint density at radius 1 is 1.42 bits per heavy atom. The molecule has 1 heterocycles. The number of carbonyl (C=O) groups excluding carboxylic acids is 1. The van der Waals surface area contributed by atoms with E-state index in [0.29, 0.717) is 0 Å². The summed E-state index contributed by atoms with van der Waals surface area (Å²) in [6, 6.07) is 4.40. The number of nitrogens with zero attached hydrogens (tertiary/aromatic N) is 3. The molecule has 0 saturated carbocycles. The Labute approximate surface area is 142 Å². The number of aromatic nitrogens is 3. The van der Waals surface area contributed by atoms with Gasteiger partial charge in [-0.05, 0) is 32.4 Å². The molecule has 0 atom stereocenters. The smallest absolute Gasteiger partial charge is 0.303 e. The minimum Gasteiger partial charge on any atom is -0.481 e. The zero-order valence-electron chi connectivity index (χ0n) is 13.1. The maximum atomic E-state index is 14.0. The second kappa shape index (κ2) is 6.96. The summed E-state index contributed by atoms with van der Waals surface area (Å²) in [5.74, 6) is -2.14. The molecule has 7 nitrogen and oxygen atoms in total. The third-order valence-electron chi connectivity index (χ3n) is 3.32. The van der Waals surface area contributed by atoms with E-state index in [1.165, 1.54) is 18.3 Å². The van der Waals surface area contributed by atoms with Crippen molar-refractivity contribution in [3.8, 4) is 5.69 Å². The lowest BCUT2D eigenvalue weighted by Gasteiger charge is -2.24. The molecule has 0 aliphatic carbocycles. The van der Waals surface area contributed by atoms with Crippen molar-refractivity contribution < 1.29 is 19.1 Å². The van der Waals surface area contributed by atoms with Crippen molar-refractivity contribution in [3.63, 3.8) is 0 Å². The predicted octanol–water partition coefficient (Wildman–Crippen LogP) is 2.43. The van der Waals surface area contributed by atoms with Crippen molar-refractivity contribution in [1.29, 1.82) is 0 Å². The number of amides is 1. The van der Waals surface area contributed by atoms with E-state index in [1.807, 2.05) is 0 Å². The van der Waals surface area contributed by atoms with Crippen molar-refractivity contribution in [3.05, 3.63) is 40.9 Å². The molecule has 2 N–H and O–H groups in total. The van der Waals surface area contributed by atoms with Gasteiger partial charge in [-0.15, -0.1) is 5.10 Å². The molecular formula is C15H16ClFN4O3. The van der Waals surface area contributed by atoms with Gasteiger partial charge in [-0.1, -0.05) is 22.9 Å². The van der Waals surface area contributed by atoms with Gasteiger partial charge in [0.1, 0.15) is 5.69 Å². The average Bonchev–Trinajstić information content (AvgIpc) is 2.97. The second-order valence-corrected chi connectivity index (χ2v) is 6.26. The van der Waals surface area contributed by atoms with Gasteiger partial charge in [-0.25, -0.2) is 9.07 Å². The number of aliphatic carboxylic acids is 1. The highest BCUT2D eigenvalue weighted by Gasteiger charge is 2.24. The molecular weight excluding hydrogens is 339 g/mol. The van der Waals surface area contributed by atoms with E-state index in [4.69, 9.17) is 16.7 Å². The molecule has 1 amide bonds. The van der Waals surface area contributed by atoms with E-state index in [9.17, 15) is 14.0 Å². The molecule has 1 aromatic carbocycles. The van der Waals surface area contributed by atoms with Crippen molar-refractivity contribution in [2.75, 3.05) is 0 Å². The molecule has 9 heteroatoms. The fraction of sp³-hybridized carbons (Fsp3) is 0.333. The molecule has 2 aromatic rings. The number of carboxylic acid groups (broad SMARTS) is 1. The monoisotopic (exact) mass is 354 g/mol. The molecule has 0 aliphatic heterocycles. The van der Waals surface area contributed by atoms with Gasteiger partial charge in [0, 0.05) is 12.0 Å². The summed E-state index contributed by atoms with van der Waals surface area (Å²) >= 11 is 5.72. The van der Waals surface area contributed by atoms with E-state index in [-0.39, 0.29) is 29.2 Å². The van der Waals surface area contributed by atoms with Crippen LogP contribution in [0.25, 0.3) is 5.69 Å². The van der Waals surface area contributed by atoms with Crippen LogP contribution in [0.2, 0.25) is 5.02 Å². The normalized spacial score (nSPS) is 11.3. The van der Waals surface area contributed by atoms with E-state index in [1.54, 1.807) is 19.9 Å². The SMILES string of the molecule is CC(C)(CCC(=O)O)NC(=O)c1cn(-c2cccc(Cl)c2F)nn1. The molecule has 0 radical (unpaired) electrons. The Morgan fingerprint density at radius 2 is 2.12 bits per heavy atom. The van der Waals surface area contributed by atoms with Crippen LogP contribution in [-0.2, 0) is 4.79 Å². The number of benzene rings is 1. The topological polar surface area (TPSA) is 97.1 Å². The van der Waals surface area contributed by atoms with Crippen molar-refractivity contribution in [2.24, 2.45) is 0 Å². The van der Waals surface area contributed by atoms with Crippen LogP contribution in [0.1, 0.15) is 37.2 Å². The number of nitrogens with one attached hydrogen (secondary N) is 1. The highest BCUT2D eigenvalue weighted by Crippen LogP contribution is 2.20. The Balaban J connectivity index is 2.14. The molecule has 0 bridgehead atoms. The minimum atomic E-state index is -0.945. The summed E-state index contributed by atoms with van der Waals surface area (Å²) in [4.78, 5) is 22.8. The predicted molar refractivity (Wildman–Crippen MR) is 84.7 cm³/mol. The maximum Gasteiger partial charge on any atom is 0.303 e. The second-order valence-electron chi connectivity index (χ2n) is 5.85. The molecule has 0 aliphatic rings. The lowest BCUT2D eigenvalue weighted by molar-refractivity contribution is -0.137. The summed E-state index contributed by atoms with van der Waals surface area (Å²) in [5, 5.41) is 18.8. The van der Waals surface area contributed by atoms with Crippen LogP contribution in [0, 0.1) is 5.82 Å². The highest BCUT2D eigenvalue weighted by atomic mass is 35.5. The summed E-state index contributed by atoms with van der Waals surface area (Å²) < 4.78 is 15.1. The van der Waals surface area contributed by atoms with Crippen molar-refractivity contribution in [2.45, 2.75) is 32.2 Å². The molecule has 0 fully saturated rings. The van der Waals surface area contributed by atoms with Crippen LogP contribution < -0.4 is 5.32 Å². The summed E-state index contributed by atoms with van der Waals surface area (Å²) in [6.07, 6.45) is 1.45. The van der Waals surface area contributed by atoms with Gasteiger partial charge < -0.3 is 10.4 Å². The highest BCUT2D eigenvalue weighted by molar-refractivity contribution is 6.30. The molecule has 0 saturated heterocycles. The Morgan fingerprint density at radius 3 is 2.79 bits per heavy atom. The van der Waals surface area contributed by atoms with Gasteiger partial charge in [-0.2, -0.15) is 0 Å². The minimum absolute atomic E-state index is 0.0159. The van der Waals surface area contributed by atoms with E-state index in [0.717, 1.165) is 4.68 Å². The third-order valence-corrected chi connectivity index (χ3v) is 3.61. The first-order chi connectivity index (χ1) is 11.2. The van der Waals surface area contributed by atoms with Crippen molar-refractivity contribution in [1.82, 2.24) is 20.3 Å². The van der Waals surface area contributed by atoms with Crippen molar-refractivity contribution >= 4 is 23.5 Å². The molecule has 0 spiro atoms. The largest absolute Gasteiger partial charge is 0.481 e. The number of rotatable bonds is 6. The van der Waals surface area contributed by atoms with Crippen LogP contribution >= 0.6 is 11.6 Å². The van der Waals surface area contributed by atoms with Gasteiger partial charge >= 0.3 is 5.97 Å². The van der Waals surface area contributed by atoms with Gasteiger partial charge in [-0.3, -0.25) is 9.59 Å². The average molecular weight is 355 g/mol. The summed E-state index contributed by atoms with van der Waals surface area (Å²) in [7, 11) is 0. The van der Waals surface area contributed by atoms with E-state index in [2.05, 4.69) is 15.6 Å². The first kappa shape index (κ1) is 17.9. The first-order valence-electron chi connectivity index (χ1n) is 7.11. The molecule has 2 rings (SSSR count). The van der Waals surface area contributed by atoms with Crippen LogP contribution in [0.3, 0.4) is 0 Å². The Hall–Kier alpha value is -2.48. The summed E-state index contributed by atoms with van der Waals surface area (Å²) in [6.45, 7) is 3.41. The van der Waals surface area contributed by atoms with Crippen LogP contribution in [0.15, 0.2) is 24.4 Å². The standard InChI is InChI=1S/C15H16ClFN4O3/c1-15(2,7-6-12(22)23)18-14(24)10-8-21(20-19-10)11-5-3-4-9(16)13(11)17/h3-5,8H,6-7H2,1-2H3,(H,18,24)(H,22,23). The lowest BCUT2D eigenvalue weighted by atomic mass is 9.98. The Kier molecular flexibility index (Phi) is 5.18. The van der Waals surface area contributed by atoms with Gasteiger partial charge in [0.2, 0.25) is 0 Å². The van der Waals surface area contributed by atoms with Gasteiger partial charge in [0.05, 0.1) is 11.2 Å². The number of hydrogen-bond acceptors (Lipinski definition) is 4. The molecule has 0 unspecified atom stereocenters. The lowest BCUT2D eigenvalue weighted by Crippen LogP contribution is -2.43. The fourth-order valence-corrected chi connectivity index (χ4v) is 2.18. The quantitative estimate of drug-likeness (QED) is 0.830. The Bertz CT molecular complexity index is 776. The molecule has 128 valence electrons. The zero-order valence-corrected chi connectivity index (χ0v) is 13.8. The number of carboxylic acids is 1. The van der Waals surface area contributed by atoms with Crippen LogP contribution in [0.4, 0.5) is 4.39 Å². The molecule has 1 aromatic heterocycles.